The molecule has 0 spiro atoms. The molecule has 0 saturated carbocycles. The quantitative estimate of drug-likeness (QED) is 0.638. The van der Waals surface area contributed by atoms with E-state index in [1.807, 2.05) is 13.8 Å². The van der Waals surface area contributed by atoms with Crippen LogP contribution in [0, 0.1) is 0 Å². The van der Waals surface area contributed by atoms with Gasteiger partial charge in [0.2, 0.25) is 0 Å². The maximum atomic E-state index is 10.3. The zero-order valence-electron chi connectivity index (χ0n) is 6.07. The van der Waals surface area contributed by atoms with Crippen molar-refractivity contribution in [2.45, 2.75) is 24.3 Å². The number of aliphatic carboxylic acids is 1. The predicted molar refractivity (Wildman–Crippen MR) is 41.2 cm³/mol. The standard InChI is InChI=1S/C6H12O3S/c1-4(2)10-5(3-7)6(8)9/h4-5,7H,3H2,1-2H3,(H,8,9). The monoisotopic (exact) mass is 164 g/mol. The van der Waals surface area contributed by atoms with Gasteiger partial charge in [0.05, 0.1) is 6.61 Å². The topological polar surface area (TPSA) is 57.5 Å². The molecular weight excluding hydrogens is 152 g/mol. The maximum Gasteiger partial charge on any atom is 0.319 e. The molecule has 0 aromatic heterocycles. The van der Waals surface area contributed by atoms with Gasteiger partial charge in [-0.3, -0.25) is 4.79 Å². The van der Waals surface area contributed by atoms with E-state index < -0.39 is 11.2 Å². The lowest BCUT2D eigenvalue weighted by atomic mass is 10.5. The molecule has 2 N–H and O–H groups in total. The van der Waals surface area contributed by atoms with Crippen LogP contribution in [-0.2, 0) is 4.79 Å². The van der Waals surface area contributed by atoms with Gasteiger partial charge in [0.15, 0.2) is 0 Å². The van der Waals surface area contributed by atoms with Crippen molar-refractivity contribution in [1.82, 2.24) is 0 Å². The second kappa shape index (κ2) is 4.57. The fourth-order valence-corrected chi connectivity index (χ4v) is 1.37. The van der Waals surface area contributed by atoms with Crippen molar-refractivity contribution in [1.29, 1.82) is 0 Å². The minimum Gasteiger partial charge on any atom is -0.480 e. The Balaban J connectivity index is 3.72. The molecule has 0 aliphatic heterocycles. The first kappa shape index (κ1) is 9.78. The van der Waals surface area contributed by atoms with Gasteiger partial charge in [0.1, 0.15) is 5.25 Å². The molecule has 1 unspecified atom stereocenters. The summed E-state index contributed by atoms with van der Waals surface area (Å²) >= 11 is 1.26. The molecule has 0 amide bonds. The van der Waals surface area contributed by atoms with E-state index in [9.17, 15) is 4.79 Å². The highest BCUT2D eigenvalue weighted by Crippen LogP contribution is 2.16. The molecule has 0 rings (SSSR count). The summed E-state index contributed by atoms with van der Waals surface area (Å²) in [5.41, 5.74) is 0. The van der Waals surface area contributed by atoms with Crippen LogP contribution in [0.2, 0.25) is 0 Å². The van der Waals surface area contributed by atoms with E-state index in [1.165, 1.54) is 11.8 Å². The van der Waals surface area contributed by atoms with E-state index in [1.54, 1.807) is 0 Å². The minimum absolute atomic E-state index is 0.244. The number of carboxylic acid groups (broad SMARTS) is 1. The van der Waals surface area contributed by atoms with E-state index in [0.29, 0.717) is 0 Å². The molecule has 4 heteroatoms. The average Bonchev–Trinajstić information content (AvgIpc) is 1.81. The predicted octanol–water partition coefficient (Wildman–Crippen LogP) is 0.573. The van der Waals surface area contributed by atoms with Gasteiger partial charge in [-0.1, -0.05) is 13.8 Å². The van der Waals surface area contributed by atoms with Gasteiger partial charge >= 0.3 is 5.97 Å². The summed E-state index contributed by atoms with van der Waals surface area (Å²) in [4.78, 5) is 10.3. The molecule has 0 radical (unpaired) electrons. The Morgan fingerprint density at radius 3 is 2.20 bits per heavy atom. The van der Waals surface area contributed by atoms with Gasteiger partial charge in [-0.15, -0.1) is 11.8 Å². The Labute approximate surface area is 64.4 Å². The first-order valence-corrected chi connectivity index (χ1v) is 4.01. The number of thioether (sulfide) groups is 1. The number of carbonyl (C=O) groups is 1. The van der Waals surface area contributed by atoms with Gasteiger partial charge in [-0.05, 0) is 5.25 Å². The lowest BCUT2D eigenvalue weighted by Crippen LogP contribution is -2.22. The molecule has 0 fully saturated rings. The molecule has 1 atom stereocenters. The smallest absolute Gasteiger partial charge is 0.319 e. The van der Waals surface area contributed by atoms with Gasteiger partial charge < -0.3 is 10.2 Å². The third-order valence-electron chi connectivity index (χ3n) is 0.878. The summed E-state index contributed by atoms with van der Waals surface area (Å²) < 4.78 is 0. The second-order valence-corrected chi connectivity index (χ2v) is 3.98. The molecule has 0 saturated heterocycles. The van der Waals surface area contributed by atoms with Gasteiger partial charge in [0, 0.05) is 0 Å². The van der Waals surface area contributed by atoms with Crippen LogP contribution in [0.1, 0.15) is 13.8 Å². The third-order valence-corrected chi connectivity index (χ3v) is 2.10. The van der Waals surface area contributed by atoms with E-state index in [0.717, 1.165) is 0 Å². The first-order valence-electron chi connectivity index (χ1n) is 3.07. The fraction of sp³-hybridized carbons (Fsp3) is 0.833. The normalized spacial score (nSPS) is 13.6. The average molecular weight is 164 g/mol. The Morgan fingerprint density at radius 1 is 1.60 bits per heavy atom. The van der Waals surface area contributed by atoms with Crippen molar-refractivity contribution in [3.8, 4) is 0 Å². The second-order valence-electron chi connectivity index (χ2n) is 2.19. The largest absolute Gasteiger partial charge is 0.480 e. The molecule has 0 aromatic carbocycles. The molecule has 3 nitrogen and oxygen atoms in total. The highest BCUT2D eigenvalue weighted by molar-refractivity contribution is 8.01. The van der Waals surface area contributed by atoms with Crippen molar-refractivity contribution in [2.75, 3.05) is 6.61 Å². The highest BCUT2D eigenvalue weighted by atomic mass is 32.2. The van der Waals surface area contributed by atoms with Crippen molar-refractivity contribution < 1.29 is 15.0 Å². The van der Waals surface area contributed by atoms with Crippen LogP contribution in [0.25, 0.3) is 0 Å². The van der Waals surface area contributed by atoms with Crippen LogP contribution in [0.4, 0.5) is 0 Å². The van der Waals surface area contributed by atoms with E-state index >= 15 is 0 Å². The van der Waals surface area contributed by atoms with Crippen molar-refractivity contribution in [2.24, 2.45) is 0 Å². The number of rotatable bonds is 4. The number of aliphatic hydroxyl groups excluding tert-OH is 1. The molecule has 60 valence electrons. The third kappa shape index (κ3) is 3.74. The number of hydrogen-bond acceptors (Lipinski definition) is 3. The molecule has 0 aromatic rings. The van der Waals surface area contributed by atoms with Crippen LogP contribution < -0.4 is 0 Å². The fourth-order valence-electron chi connectivity index (χ4n) is 0.508. The van der Waals surface area contributed by atoms with E-state index in [-0.39, 0.29) is 11.9 Å². The summed E-state index contributed by atoms with van der Waals surface area (Å²) in [5.74, 6) is -0.943. The molecule has 0 heterocycles. The molecule has 0 aliphatic rings. The number of aliphatic hydroxyl groups is 1. The summed E-state index contributed by atoms with van der Waals surface area (Å²) in [6.07, 6.45) is 0. The van der Waals surface area contributed by atoms with Crippen LogP contribution in [-0.4, -0.2) is 33.3 Å². The van der Waals surface area contributed by atoms with Crippen molar-refractivity contribution in [3.05, 3.63) is 0 Å². The summed E-state index contributed by atoms with van der Waals surface area (Å²) in [6, 6.07) is 0. The Bertz CT molecular complexity index is 114. The van der Waals surface area contributed by atoms with E-state index in [2.05, 4.69) is 0 Å². The maximum absolute atomic E-state index is 10.3. The van der Waals surface area contributed by atoms with Crippen molar-refractivity contribution >= 4 is 17.7 Å². The van der Waals surface area contributed by atoms with Gasteiger partial charge in [-0.25, -0.2) is 0 Å². The van der Waals surface area contributed by atoms with E-state index in [4.69, 9.17) is 10.2 Å². The van der Waals surface area contributed by atoms with Crippen LogP contribution in [0.5, 0.6) is 0 Å². The summed E-state index contributed by atoms with van der Waals surface area (Å²) in [5, 5.41) is 16.6. The Hall–Kier alpha value is -0.220. The first-order chi connectivity index (χ1) is 4.57. The highest BCUT2D eigenvalue weighted by Gasteiger charge is 2.17. The van der Waals surface area contributed by atoms with Gasteiger partial charge in [0.25, 0.3) is 0 Å². The zero-order valence-corrected chi connectivity index (χ0v) is 6.89. The van der Waals surface area contributed by atoms with Crippen molar-refractivity contribution in [3.63, 3.8) is 0 Å². The lowest BCUT2D eigenvalue weighted by molar-refractivity contribution is -0.137. The molecule has 0 aliphatic carbocycles. The van der Waals surface area contributed by atoms with Crippen LogP contribution in [0.3, 0.4) is 0 Å². The molecular formula is C6H12O3S. The summed E-state index contributed by atoms with van der Waals surface area (Å²) in [7, 11) is 0. The number of hydrogen-bond donors (Lipinski definition) is 2. The number of carboxylic acids is 1. The zero-order chi connectivity index (χ0) is 8.15. The minimum atomic E-state index is -0.943. The summed E-state index contributed by atoms with van der Waals surface area (Å²) in [6.45, 7) is 3.50. The Morgan fingerprint density at radius 2 is 2.10 bits per heavy atom. The van der Waals surface area contributed by atoms with Crippen LogP contribution >= 0.6 is 11.8 Å². The SMILES string of the molecule is CC(C)SC(CO)C(=O)O. The van der Waals surface area contributed by atoms with Gasteiger partial charge in [-0.2, -0.15) is 0 Å². The lowest BCUT2D eigenvalue weighted by Gasteiger charge is -2.10. The molecule has 0 bridgehead atoms. The Kier molecular flexibility index (Phi) is 4.47. The van der Waals surface area contributed by atoms with Crippen LogP contribution in [0.15, 0.2) is 0 Å². The molecule has 10 heavy (non-hydrogen) atoms.